The van der Waals surface area contributed by atoms with E-state index in [1.165, 1.54) is 0 Å². The van der Waals surface area contributed by atoms with Gasteiger partial charge in [-0.05, 0) is 0 Å². The van der Waals surface area contributed by atoms with Gasteiger partial charge in [0.2, 0.25) is 0 Å². The molecule has 0 N–H and O–H groups in total. The fourth-order valence-corrected chi connectivity index (χ4v) is 3.68. The quantitative estimate of drug-likeness (QED) is 0.467. The second kappa shape index (κ2) is 11.8. The summed E-state index contributed by atoms with van der Waals surface area (Å²) >= 11 is 3.97. The zero-order valence-electron chi connectivity index (χ0n) is 12.6. The van der Waals surface area contributed by atoms with Crippen LogP contribution in [0.2, 0.25) is 0 Å². The Kier molecular flexibility index (Phi) is 10.9. The lowest BCUT2D eigenvalue weighted by Gasteiger charge is -2.27. The predicted molar refractivity (Wildman–Crippen MR) is 83.3 cm³/mol. The maximum atomic E-state index is 12.5. The molecule has 1 aliphatic rings. The Labute approximate surface area is 132 Å². The standard InChI is InChI=1S/C12H26NO6PS/c1-20(14,19-12-21)13-2-4-15-6-8-17-10-11-18-9-7-16-5-3-13/h21H,2-12H2,1H3. The average molecular weight is 343 g/mol. The summed E-state index contributed by atoms with van der Waals surface area (Å²) in [6.07, 6.45) is 0. The molecule has 1 saturated heterocycles. The lowest BCUT2D eigenvalue weighted by molar-refractivity contribution is 0.00206. The molecule has 0 saturated carbocycles. The van der Waals surface area contributed by atoms with Gasteiger partial charge in [-0.1, -0.05) is 0 Å². The van der Waals surface area contributed by atoms with Crippen molar-refractivity contribution in [3.63, 3.8) is 0 Å². The molecule has 1 rings (SSSR count). The molecule has 0 bridgehead atoms. The third-order valence-corrected chi connectivity index (χ3v) is 5.28. The number of rotatable bonds is 3. The van der Waals surface area contributed by atoms with Crippen molar-refractivity contribution in [2.75, 3.05) is 78.5 Å². The van der Waals surface area contributed by atoms with Crippen molar-refractivity contribution in [2.24, 2.45) is 0 Å². The second-order valence-corrected chi connectivity index (χ2v) is 7.15. The summed E-state index contributed by atoms with van der Waals surface area (Å²) in [7, 11) is -2.87. The first-order chi connectivity index (χ1) is 10.2. The van der Waals surface area contributed by atoms with E-state index in [1.54, 1.807) is 11.3 Å². The first-order valence-corrected chi connectivity index (χ1v) is 9.72. The van der Waals surface area contributed by atoms with Gasteiger partial charge in [-0.15, -0.1) is 0 Å². The first kappa shape index (κ1) is 19.4. The molecule has 9 heteroatoms. The molecule has 0 aromatic heterocycles. The smallest absolute Gasteiger partial charge is 0.270 e. The molecule has 126 valence electrons. The molecule has 1 fully saturated rings. The molecule has 0 spiro atoms. The third-order valence-electron chi connectivity index (χ3n) is 2.91. The van der Waals surface area contributed by atoms with E-state index in [2.05, 4.69) is 12.6 Å². The van der Waals surface area contributed by atoms with E-state index in [-0.39, 0.29) is 5.94 Å². The number of hydrogen-bond donors (Lipinski definition) is 1. The molecule has 7 nitrogen and oxygen atoms in total. The van der Waals surface area contributed by atoms with Crippen LogP contribution in [0.3, 0.4) is 0 Å². The molecule has 1 unspecified atom stereocenters. The minimum absolute atomic E-state index is 0.119. The van der Waals surface area contributed by atoms with Gasteiger partial charge in [0, 0.05) is 19.8 Å². The van der Waals surface area contributed by atoms with Crippen LogP contribution in [-0.2, 0) is 28.0 Å². The Bertz CT molecular complexity index is 293. The van der Waals surface area contributed by atoms with Crippen LogP contribution < -0.4 is 0 Å². The minimum Gasteiger partial charge on any atom is -0.378 e. The van der Waals surface area contributed by atoms with Gasteiger partial charge in [0.1, 0.15) is 0 Å². The van der Waals surface area contributed by atoms with Crippen molar-refractivity contribution in [3.05, 3.63) is 0 Å². The molecule has 1 aliphatic heterocycles. The van der Waals surface area contributed by atoms with Crippen LogP contribution in [0.4, 0.5) is 0 Å². The van der Waals surface area contributed by atoms with E-state index < -0.39 is 7.52 Å². The van der Waals surface area contributed by atoms with Crippen LogP contribution in [0, 0.1) is 0 Å². The van der Waals surface area contributed by atoms with E-state index >= 15 is 0 Å². The van der Waals surface area contributed by atoms with Gasteiger partial charge < -0.3 is 23.5 Å². The Hall–Kier alpha value is 0.340. The van der Waals surface area contributed by atoms with E-state index in [9.17, 15) is 4.57 Å². The van der Waals surface area contributed by atoms with Gasteiger partial charge >= 0.3 is 0 Å². The summed E-state index contributed by atoms with van der Waals surface area (Å²) in [6.45, 7) is 6.71. The Balaban J connectivity index is 2.45. The molecule has 0 aliphatic carbocycles. The highest BCUT2D eigenvalue weighted by molar-refractivity contribution is 7.80. The summed E-state index contributed by atoms with van der Waals surface area (Å²) in [5.74, 6) is 0.119. The Morgan fingerprint density at radius 2 is 1.29 bits per heavy atom. The largest absolute Gasteiger partial charge is 0.378 e. The third kappa shape index (κ3) is 9.15. The van der Waals surface area contributed by atoms with Crippen molar-refractivity contribution < 1.29 is 28.0 Å². The van der Waals surface area contributed by atoms with Crippen molar-refractivity contribution in [2.45, 2.75) is 0 Å². The minimum atomic E-state index is -2.87. The molecular formula is C12H26NO6PS. The highest BCUT2D eigenvalue weighted by Gasteiger charge is 2.25. The zero-order chi connectivity index (χ0) is 15.4. The van der Waals surface area contributed by atoms with Crippen LogP contribution in [-0.4, -0.2) is 83.2 Å². The maximum Gasteiger partial charge on any atom is 0.270 e. The Morgan fingerprint density at radius 1 is 0.905 bits per heavy atom. The van der Waals surface area contributed by atoms with E-state index in [4.69, 9.17) is 23.5 Å². The van der Waals surface area contributed by atoms with E-state index in [0.29, 0.717) is 65.9 Å². The summed E-state index contributed by atoms with van der Waals surface area (Å²) in [5.41, 5.74) is 0. The zero-order valence-corrected chi connectivity index (χ0v) is 14.4. The SMILES string of the molecule is CP(=O)(OCS)N1CCOCCOCCOCCOCC1. The summed E-state index contributed by atoms with van der Waals surface area (Å²) in [6, 6.07) is 0. The summed E-state index contributed by atoms with van der Waals surface area (Å²) < 4.78 is 41.1. The van der Waals surface area contributed by atoms with Gasteiger partial charge in [0.05, 0.1) is 58.8 Å². The predicted octanol–water partition coefficient (Wildman–Crippen LogP) is 1.10. The summed E-state index contributed by atoms with van der Waals surface area (Å²) in [5, 5.41) is 0. The second-order valence-electron chi connectivity index (χ2n) is 4.46. The molecule has 1 atom stereocenters. The lowest BCUT2D eigenvalue weighted by atomic mass is 10.6. The highest BCUT2D eigenvalue weighted by Crippen LogP contribution is 2.46. The van der Waals surface area contributed by atoms with E-state index in [1.807, 2.05) is 0 Å². The fraction of sp³-hybridized carbons (Fsp3) is 1.00. The highest BCUT2D eigenvalue weighted by atomic mass is 32.1. The van der Waals surface area contributed by atoms with Crippen molar-refractivity contribution in [1.29, 1.82) is 0 Å². The molecule has 1 heterocycles. The van der Waals surface area contributed by atoms with Gasteiger partial charge in [-0.2, -0.15) is 12.6 Å². The lowest BCUT2D eigenvalue weighted by Crippen LogP contribution is -2.29. The molecule has 0 aromatic carbocycles. The van der Waals surface area contributed by atoms with Crippen LogP contribution in [0.5, 0.6) is 0 Å². The number of thiol groups is 1. The van der Waals surface area contributed by atoms with Gasteiger partial charge in [0.15, 0.2) is 0 Å². The normalized spacial score (nSPS) is 24.7. The van der Waals surface area contributed by atoms with Crippen LogP contribution >= 0.6 is 20.1 Å². The molecular weight excluding hydrogens is 317 g/mol. The topological polar surface area (TPSA) is 66.5 Å². The molecule has 0 aromatic rings. The maximum absolute atomic E-state index is 12.5. The average Bonchev–Trinajstić information content (AvgIpc) is 2.45. The first-order valence-electron chi connectivity index (χ1n) is 7.06. The van der Waals surface area contributed by atoms with Gasteiger partial charge in [-0.3, -0.25) is 4.57 Å². The monoisotopic (exact) mass is 343 g/mol. The molecule has 21 heavy (non-hydrogen) atoms. The van der Waals surface area contributed by atoms with Gasteiger partial charge in [-0.25, -0.2) is 4.67 Å². The number of ether oxygens (including phenoxy) is 4. The van der Waals surface area contributed by atoms with Crippen molar-refractivity contribution in [3.8, 4) is 0 Å². The fourth-order valence-electron chi connectivity index (χ4n) is 1.77. The molecule has 0 amide bonds. The van der Waals surface area contributed by atoms with Crippen LogP contribution in [0.25, 0.3) is 0 Å². The number of hydrogen-bond acceptors (Lipinski definition) is 7. The van der Waals surface area contributed by atoms with Crippen LogP contribution in [0.15, 0.2) is 0 Å². The number of nitrogens with zero attached hydrogens (tertiary/aromatic N) is 1. The Morgan fingerprint density at radius 3 is 1.67 bits per heavy atom. The molecule has 0 radical (unpaired) electrons. The summed E-state index contributed by atoms with van der Waals surface area (Å²) in [4.78, 5) is 0. The van der Waals surface area contributed by atoms with Crippen molar-refractivity contribution in [1.82, 2.24) is 4.67 Å². The van der Waals surface area contributed by atoms with Crippen LogP contribution in [0.1, 0.15) is 0 Å². The van der Waals surface area contributed by atoms with E-state index in [0.717, 1.165) is 0 Å². The van der Waals surface area contributed by atoms with Gasteiger partial charge in [0.25, 0.3) is 7.52 Å². The van der Waals surface area contributed by atoms with Crippen molar-refractivity contribution >= 4 is 20.1 Å².